The summed E-state index contributed by atoms with van der Waals surface area (Å²) in [6.45, 7) is 10.3. The molecule has 0 aromatic carbocycles. The Hall–Kier alpha value is -2.26. The van der Waals surface area contributed by atoms with Crippen molar-refractivity contribution in [3.63, 3.8) is 0 Å². The fourth-order valence-electron chi connectivity index (χ4n) is 3.60. The second-order valence-corrected chi connectivity index (χ2v) is 9.72. The van der Waals surface area contributed by atoms with Crippen LogP contribution in [-0.4, -0.2) is 69.2 Å². The SMILES string of the molecule is COC(=O)[C@@H]1COC/C=C/COC[C@H](C)C(=O)N[C@@H](CC(C)C)C(=O)N[C@@H](CC(C)C)C(=O)C1. The summed E-state index contributed by atoms with van der Waals surface area (Å²) in [5, 5.41) is 5.65. The minimum Gasteiger partial charge on any atom is -0.469 e. The number of rotatable bonds is 5. The van der Waals surface area contributed by atoms with E-state index in [-0.39, 0.29) is 49.8 Å². The van der Waals surface area contributed by atoms with Gasteiger partial charge in [-0.25, -0.2) is 0 Å². The van der Waals surface area contributed by atoms with Crippen LogP contribution in [0.2, 0.25) is 0 Å². The first kappa shape index (κ1) is 29.8. The molecule has 1 heterocycles. The minimum atomic E-state index is -0.786. The Morgan fingerprint density at radius 2 is 1.47 bits per heavy atom. The number of hydrogen-bond donors (Lipinski definition) is 2. The molecule has 2 amide bonds. The van der Waals surface area contributed by atoms with Crippen LogP contribution in [0, 0.1) is 23.7 Å². The van der Waals surface area contributed by atoms with Gasteiger partial charge in [0, 0.05) is 6.42 Å². The van der Waals surface area contributed by atoms with Gasteiger partial charge in [-0.2, -0.15) is 0 Å². The van der Waals surface area contributed by atoms with Gasteiger partial charge in [-0.3, -0.25) is 19.2 Å². The Bertz CT molecular complexity index is 705. The molecule has 194 valence electrons. The molecule has 0 radical (unpaired) electrons. The zero-order valence-corrected chi connectivity index (χ0v) is 21.4. The number of methoxy groups -OCH3 is 1. The second kappa shape index (κ2) is 15.6. The molecule has 2 N–H and O–H groups in total. The fraction of sp³-hybridized carbons (Fsp3) is 0.760. The Balaban J connectivity index is 3.18. The molecule has 9 heteroatoms. The molecule has 34 heavy (non-hydrogen) atoms. The van der Waals surface area contributed by atoms with Crippen LogP contribution in [0.25, 0.3) is 0 Å². The third kappa shape index (κ3) is 11.2. The van der Waals surface area contributed by atoms with Crippen LogP contribution in [0.1, 0.15) is 53.9 Å². The van der Waals surface area contributed by atoms with Crippen LogP contribution in [-0.2, 0) is 33.4 Å². The highest BCUT2D eigenvalue weighted by Crippen LogP contribution is 2.15. The molecule has 1 aliphatic rings. The predicted molar refractivity (Wildman–Crippen MR) is 128 cm³/mol. The van der Waals surface area contributed by atoms with Crippen molar-refractivity contribution in [1.29, 1.82) is 0 Å². The number of nitrogens with one attached hydrogen (secondary N) is 2. The van der Waals surface area contributed by atoms with Crippen molar-refractivity contribution < 1.29 is 33.4 Å². The summed E-state index contributed by atoms with van der Waals surface area (Å²) < 4.78 is 15.9. The molecule has 9 nitrogen and oxygen atoms in total. The predicted octanol–water partition coefficient (Wildman–Crippen LogP) is 2.04. The van der Waals surface area contributed by atoms with E-state index < -0.39 is 35.8 Å². The first-order chi connectivity index (χ1) is 16.0. The van der Waals surface area contributed by atoms with Crippen LogP contribution in [0.5, 0.6) is 0 Å². The van der Waals surface area contributed by atoms with Gasteiger partial charge in [0.15, 0.2) is 5.78 Å². The molecule has 4 atom stereocenters. The maximum Gasteiger partial charge on any atom is 0.311 e. The lowest BCUT2D eigenvalue weighted by atomic mass is 9.93. The molecule has 0 bridgehead atoms. The van der Waals surface area contributed by atoms with Gasteiger partial charge in [-0.15, -0.1) is 0 Å². The van der Waals surface area contributed by atoms with Gasteiger partial charge in [0.1, 0.15) is 6.04 Å². The maximum absolute atomic E-state index is 13.2. The Kier molecular flexibility index (Phi) is 13.7. The third-order valence-corrected chi connectivity index (χ3v) is 5.46. The Morgan fingerprint density at radius 1 is 0.941 bits per heavy atom. The smallest absolute Gasteiger partial charge is 0.311 e. The zero-order valence-electron chi connectivity index (χ0n) is 21.4. The molecule has 0 aliphatic carbocycles. The van der Waals surface area contributed by atoms with Crippen LogP contribution >= 0.6 is 0 Å². The van der Waals surface area contributed by atoms with Crippen molar-refractivity contribution in [1.82, 2.24) is 10.6 Å². The van der Waals surface area contributed by atoms with E-state index in [4.69, 9.17) is 14.2 Å². The molecular formula is C25H42N2O7. The second-order valence-electron chi connectivity index (χ2n) is 9.72. The fourth-order valence-corrected chi connectivity index (χ4v) is 3.60. The van der Waals surface area contributed by atoms with Crippen LogP contribution in [0.15, 0.2) is 12.2 Å². The largest absolute Gasteiger partial charge is 0.469 e. The lowest BCUT2D eigenvalue weighted by Gasteiger charge is -2.26. The summed E-state index contributed by atoms with van der Waals surface area (Å²) >= 11 is 0. The molecule has 0 aromatic heterocycles. The van der Waals surface area contributed by atoms with Gasteiger partial charge in [-0.05, 0) is 24.7 Å². The lowest BCUT2D eigenvalue weighted by Crippen LogP contribution is -2.53. The molecular weight excluding hydrogens is 440 g/mol. The summed E-state index contributed by atoms with van der Waals surface area (Å²) in [4.78, 5) is 51.3. The molecule has 0 unspecified atom stereocenters. The highest BCUT2D eigenvalue weighted by Gasteiger charge is 2.32. The van der Waals surface area contributed by atoms with E-state index in [1.165, 1.54) is 7.11 Å². The van der Waals surface area contributed by atoms with Crippen molar-refractivity contribution in [3.8, 4) is 0 Å². The van der Waals surface area contributed by atoms with Crippen molar-refractivity contribution in [3.05, 3.63) is 12.2 Å². The van der Waals surface area contributed by atoms with E-state index in [0.717, 1.165) is 0 Å². The van der Waals surface area contributed by atoms with Crippen molar-refractivity contribution in [2.24, 2.45) is 23.7 Å². The van der Waals surface area contributed by atoms with Gasteiger partial charge < -0.3 is 24.8 Å². The quantitative estimate of drug-likeness (QED) is 0.454. The first-order valence-corrected chi connectivity index (χ1v) is 12.1. The van der Waals surface area contributed by atoms with E-state index >= 15 is 0 Å². The number of amides is 2. The Labute approximate surface area is 203 Å². The lowest BCUT2D eigenvalue weighted by molar-refractivity contribution is -0.149. The number of carbonyl (C=O) groups is 4. The van der Waals surface area contributed by atoms with Crippen molar-refractivity contribution in [2.75, 3.05) is 33.5 Å². The standard InChI is InChI=1S/C25H42N2O7/c1-16(2)11-20-22(28)13-19(25(31)32-6)15-34-10-8-7-9-33-14-18(5)23(29)27-21(12-17(3)4)24(30)26-20/h7-8,16-21H,9-15H2,1-6H3,(H,26,30)(H,27,29)/b8-7+/t18-,19-,20-,21-/m0/s1. The number of Topliss-reactive ketones (excluding diaryl/α,β-unsaturated/α-hetero) is 1. The van der Waals surface area contributed by atoms with E-state index in [2.05, 4.69) is 10.6 Å². The molecule has 1 rings (SSSR count). The van der Waals surface area contributed by atoms with E-state index in [9.17, 15) is 19.2 Å². The van der Waals surface area contributed by atoms with Gasteiger partial charge in [0.05, 0.1) is 51.4 Å². The van der Waals surface area contributed by atoms with Crippen molar-refractivity contribution >= 4 is 23.6 Å². The van der Waals surface area contributed by atoms with Gasteiger partial charge >= 0.3 is 5.97 Å². The number of esters is 1. The summed E-state index contributed by atoms with van der Waals surface area (Å²) in [7, 11) is 1.27. The number of hydrogen-bond acceptors (Lipinski definition) is 7. The van der Waals surface area contributed by atoms with Gasteiger partial charge in [0.25, 0.3) is 0 Å². The normalized spacial score (nSPS) is 27.5. The number of ketones is 1. The van der Waals surface area contributed by atoms with E-state index in [0.29, 0.717) is 19.4 Å². The van der Waals surface area contributed by atoms with E-state index in [1.807, 2.05) is 27.7 Å². The molecule has 0 spiro atoms. The molecule has 0 saturated carbocycles. The highest BCUT2D eigenvalue weighted by molar-refractivity contribution is 5.94. The Morgan fingerprint density at radius 3 is 2.03 bits per heavy atom. The minimum absolute atomic E-state index is 0.0228. The molecule has 0 aromatic rings. The topological polar surface area (TPSA) is 120 Å². The number of carbonyl (C=O) groups excluding carboxylic acids is 4. The monoisotopic (exact) mass is 482 g/mol. The summed E-state index contributed by atoms with van der Waals surface area (Å²) in [5.41, 5.74) is 0. The third-order valence-electron chi connectivity index (χ3n) is 5.46. The molecule has 1 aliphatic heterocycles. The summed E-state index contributed by atoms with van der Waals surface area (Å²) in [6.07, 6.45) is 4.24. The van der Waals surface area contributed by atoms with Crippen LogP contribution in [0.3, 0.4) is 0 Å². The van der Waals surface area contributed by atoms with Crippen molar-refractivity contribution in [2.45, 2.75) is 66.0 Å². The van der Waals surface area contributed by atoms with Gasteiger partial charge in [0.2, 0.25) is 11.8 Å². The zero-order chi connectivity index (χ0) is 25.7. The highest BCUT2D eigenvalue weighted by atomic mass is 16.5. The average Bonchev–Trinajstić information content (AvgIpc) is 2.76. The summed E-state index contributed by atoms with van der Waals surface area (Å²) in [5.74, 6) is -2.46. The van der Waals surface area contributed by atoms with Crippen LogP contribution in [0.4, 0.5) is 0 Å². The molecule has 0 saturated heterocycles. The average molecular weight is 483 g/mol. The first-order valence-electron chi connectivity index (χ1n) is 12.1. The summed E-state index contributed by atoms with van der Waals surface area (Å²) in [6, 6.07) is -1.57. The maximum atomic E-state index is 13.2. The van der Waals surface area contributed by atoms with E-state index in [1.54, 1.807) is 19.1 Å². The van der Waals surface area contributed by atoms with Crippen LogP contribution < -0.4 is 10.6 Å². The molecule has 0 fully saturated rings. The number of ether oxygens (including phenoxy) is 3. The van der Waals surface area contributed by atoms with Gasteiger partial charge in [-0.1, -0.05) is 46.8 Å².